The molecule has 7 heteroatoms. The van der Waals surface area contributed by atoms with E-state index in [1.54, 1.807) is 7.05 Å². The van der Waals surface area contributed by atoms with E-state index in [-0.39, 0.29) is 19.0 Å². The van der Waals surface area contributed by atoms with E-state index in [0.29, 0.717) is 6.54 Å². The maximum absolute atomic E-state index is 11.0. The molecule has 0 saturated carbocycles. The molecule has 70 valence electrons. The molecule has 1 aliphatic heterocycles. The van der Waals surface area contributed by atoms with E-state index in [1.807, 2.05) is 0 Å². The van der Waals surface area contributed by atoms with Crippen molar-refractivity contribution in [2.45, 2.75) is 0 Å². The number of hydrogen-bond donors (Lipinski definition) is 0. The zero-order chi connectivity index (χ0) is 9.35. The van der Waals surface area contributed by atoms with Crippen LogP contribution in [-0.4, -0.2) is 50.2 Å². The summed E-state index contributed by atoms with van der Waals surface area (Å²) in [6.07, 6.45) is 0. The highest BCUT2D eigenvalue weighted by Gasteiger charge is 2.28. The first-order valence-corrected chi connectivity index (χ1v) is 5.61. The van der Waals surface area contributed by atoms with Crippen LogP contribution in [-0.2, 0) is 14.0 Å². The first kappa shape index (κ1) is 9.76. The van der Waals surface area contributed by atoms with Gasteiger partial charge in [0.05, 0.1) is 6.54 Å². The van der Waals surface area contributed by atoms with Gasteiger partial charge in [-0.05, 0) is 0 Å². The molecular formula is C5H9ClN2O3S. The SMILES string of the molecule is CN1CCN(S(=O)(=O)Cl)CC1=O. The Kier molecular flexibility index (Phi) is 2.60. The van der Waals surface area contributed by atoms with Crippen molar-refractivity contribution in [1.82, 2.24) is 9.21 Å². The molecule has 0 aliphatic carbocycles. The Hall–Kier alpha value is -0.330. The molecule has 0 bridgehead atoms. The summed E-state index contributed by atoms with van der Waals surface area (Å²) in [5.74, 6) is -0.231. The number of hydrogen-bond acceptors (Lipinski definition) is 3. The molecule has 0 atom stereocenters. The molecule has 0 aromatic heterocycles. The predicted octanol–water partition coefficient (Wildman–Crippen LogP) is -0.756. The van der Waals surface area contributed by atoms with Gasteiger partial charge in [-0.25, -0.2) is 0 Å². The highest BCUT2D eigenvalue weighted by atomic mass is 35.7. The topological polar surface area (TPSA) is 57.7 Å². The summed E-state index contributed by atoms with van der Waals surface area (Å²) in [6.45, 7) is 0.515. The highest BCUT2D eigenvalue weighted by Crippen LogP contribution is 2.10. The van der Waals surface area contributed by atoms with Crippen molar-refractivity contribution in [3.8, 4) is 0 Å². The quantitative estimate of drug-likeness (QED) is 0.537. The Balaban J connectivity index is 2.70. The van der Waals surface area contributed by atoms with Crippen LogP contribution >= 0.6 is 10.7 Å². The molecule has 0 spiro atoms. The molecule has 5 nitrogen and oxygen atoms in total. The molecule has 0 N–H and O–H groups in total. The van der Waals surface area contributed by atoms with Crippen LogP contribution in [0.1, 0.15) is 0 Å². The van der Waals surface area contributed by atoms with Crippen molar-refractivity contribution in [3.05, 3.63) is 0 Å². The van der Waals surface area contributed by atoms with Crippen LogP contribution in [0.3, 0.4) is 0 Å². The fraction of sp³-hybridized carbons (Fsp3) is 0.800. The minimum Gasteiger partial charge on any atom is -0.343 e. The van der Waals surface area contributed by atoms with Gasteiger partial charge in [0.15, 0.2) is 0 Å². The van der Waals surface area contributed by atoms with E-state index < -0.39 is 9.24 Å². The molecule has 0 aromatic rings. The predicted molar refractivity (Wildman–Crippen MR) is 44.0 cm³/mol. The minimum atomic E-state index is -3.72. The first-order valence-electron chi connectivity index (χ1n) is 3.35. The average molecular weight is 213 g/mol. The number of likely N-dealkylation sites (N-methyl/N-ethyl adjacent to an activating group) is 1. The second-order valence-electron chi connectivity index (χ2n) is 2.59. The fourth-order valence-electron chi connectivity index (χ4n) is 0.923. The molecule has 1 saturated heterocycles. The van der Waals surface area contributed by atoms with E-state index in [9.17, 15) is 13.2 Å². The molecule has 12 heavy (non-hydrogen) atoms. The Morgan fingerprint density at radius 2 is 2.00 bits per heavy atom. The molecule has 1 rings (SSSR count). The summed E-state index contributed by atoms with van der Waals surface area (Å²) in [5.41, 5.74) is 0. The second kappa shape index (κ2) is 3.20. The van der Waals surface area contributed by atoms with Crippen LogP contribution in [0.5, 0.6) is 0 Å². The third-order valence-electron chi connectivity index (χ3n) is 1.73. The van der Waals surface area contributed by atoms with Crippen LogP contribution in [0.25, 0.3) is 0 Å². The lowest BCUT2D eigenvalue weighted by atomic mass is 10.4. The van der Waals surface area contributed by atoms with Crippen molar-refractivity contribution < 1.29 is 13.2 Å². The van der Waals surface area contributed by atoms with Crippen LogP contribution in [0.15, 0.2) is 0 Å². The smallest absolute Gasteiger partial charge is 0.300 e. The Morgan fingerprint density at radius 3 is 2.42 bits per heavy atom. The van der Waals surface area contributed by atoms with Gasteiger partial charge in [0.25, 0.3) is 9.24 Å². The molecule has 1 aliphatic rings. The number of rotatable bonds is 1. The molecular weight excluding hydrogens is 204 g/mol. The van der Waals surface area contributed by atoms with E-state index in [0.717, 1.165) is 4.31 Å². The molecule has 0 aromatic carbocycles. The van der Waals surface area contributed by atoms with E-state index in [4.69, 9.17) is 10.7 Å². The molecule has 0 unspecified atom stereocenters. The van der Waals surface area contributed by atoms with Gasteiger partial charge in [-0.15, -0.1) is 0 Å². The van der Waals surface area contributed by atoms with Gasteiger partial charge in [0.1, 0.15) is 0 Å². The molecule has 0 radical (unpaired) electrons. The molecule has 1 heterocycles. The van der Waals surface area contributed by atoms with Crippen LogP contribution in [0, 0.1) is 0 Å². The monoisotopic (exact) mass is 212 g/mol. The lowest BCUT2D eigenvalue weighted by Gasteiger charge is -2.29. The van der Waals surface area contributed by atoms with Crippen LogP contribution in [0.2, 0.25) is 0 Å². The summed E-state index contributed by atoms with van der Waals surface area (Å²) in [5, 5.41) is 0. The van der Waals surface area contributed by atoms with E-state index in [2.05, 4.69) is 0 Å². The van der Waals surface area contributed by atoms with Gasteiger partial charge >= 0.3 is 0 Å². The Labute approximate surface area is 75.4 Å². The minimum absolute atomic E-state index is 0.150. The molecule has 1 amide bonds. The van der Waals surface area contributed by atoms with Gasteiger partial charge < -0.3 is 4.90 Å². The summed E-state index contributed by atoms with van der Waals surface area (Å²) < 4.78 is 22.5. The second-order valence-corrected chi connectivity index (χ2v) is 5.10. The van der Waals surface area contributed by atoms with Crippen LogP contribution < -0.4 is 0 Å². The number of nitrogens with zero attached hydrogens (tertiary/aromatic N) is 2. The number of halogens is 1. The zero-order valence-corrected chi connectivity index (χ0v) is 8.10. The Morgan fingerprint density at radius 1 is 1.42 bits per heavy atom. The zero-order valence-electron chi connectivity index (χ0n) is 6.53. The summed E-state index contributed by atoms with van der Waals surface area (Å²) in [6, 6.07) is 0. The summed E-state index contributed by atoms with van der Waals surface area (Å²) in [7, 11) is 2.95. The van der Waals surface area contributed by atoms with E-state index >= 15 is 0 Å². The van der Waals surface area contributed by atoms with Crippen molar-refractivity contribution in [2.24, 2.45) is 0 Å². The number of carbonyl (C=O) groups excluding carboxylic acids is 1. The first-order chi connectivity index (χ1) is 5.41. The third-order valence-corrected chi connectivity index (χ3v) is 3.24. The van der Waals surface area contributed by atoms with Crippen molar-refractivity contribution in [3.63, 3.8) is 0 Å². The van der Waals surface area contributed by atoms with Gasteiger partial charge in [-0.1, -0.05) is 0 Å². The van der Waals surface area contributed by atoms with Crippen molar-refractivity contribution >= 4 is 25.8 Å². The lowest BCUT2D eigenvalue weighted by Crippen LogP contribution is -2.49. The number of piperazine rings is 1. The van der Waals surface area contributed by atoms with E-state index in [1.165, 1.54) is 4.90 Å². The lowest BCUT2D eigenvalue weighted by molar-refractivity contribution is -0.132. The standard InChI is InChI=1S/C5H9ClN2O3S/c1-7-2-3-8(4-5(7)9)12(6,10)11/h2-4H2,1H3. The van der Waals surface area contributed by atoms with Gasteiger partial charge in [0.2, 0.25) is 5.91 Å². The third kappa shape index (κ3) is 2.09. The maximum atomic E-state index is 11.0. The number of amides is 1. The number of carbonyl (C=O) groups is 1. The summed E-state index contributed by atoms with van der Waals surface area (Å²) >= 11 is 0. The summed E-state index contributed by atoms with van der Waals surface area (Å²) in [4.78, 5) is 12.5. The average Bonchev–Trinajstić information content (AvgIpc) is 1.92. The maximum Gasteiger partial charge on any atom is 0.300 e. The van der Waals surface area contributed by atoms with Gasteiger partial charge in [-0.3, -0.25) is 4.79 Å². The van der Waals surface area contributed by atoms with Crippen LogP contribution in [0.4, 0.5) is 0 Å². The molecule has 1 fully saturated rings. The largest absolute Gasteiger partial charge is 0.343 e. The highest BCUT2D eigenvalue weighted by molar-refractivity contribution is 8.11. The van der Waals surface area contributed by atoms with Gasteiger partial charge in [0, 0.05) is 30.8 Å². The fourth-order valence-corrected chi connectivity index (χ4v) is 1.84. The van der Waals surface area contributed by atoms with Crippen molar-refractivity contribution in [2.75, 3.05) is 26.7 Å². The van der Waals surface area contributed by atoms with Crippen molar-refractivity contribution in [1.29, 1.82) is 0 Å². The normalized spacial score (nSPS) is 21.5. The Bertz CT molecular complexity index is 289. The van der Waals surface area contributed by atoms with Gasteiger partial charge in [-0.2, -0.15) is 12.7 Å².